The molecule has 0 bridgehead atoms. The number of urea groups is 1. The number of carbonyl (C=O) groups is 1. The fraction of sp³-hybridized carbons (Fsp3) is 0.417. The van der Waals surface area contributed by atoms with Crippen LogP contribution in [0.15, 0.2) is 18.2 Å². The lowest BCUT2D eigenvalue weighted by atomic mass is 10.3. The zero-order chi connectivity index (χ0) is 12.7. The Morgan fingerprint density at radius 2 is 2.24 bits per heavy atom. The predicted octanol–water partition coefficient (Wildman–Crippen LogP) is 2.76. The van der Waals surface area contributed by atoms with Crippen molar-refractivity contribution < 1.29 is 13.9 Å². The normalized spacial score (nSPS) is 9.82. The molecule has 94 valence electrons. The molecule has 0 spiro atoms. The molecule has 4 nitrogen and oxygen atoms in total. The van der Waals surface area contributed by atoms with Crippen LogP contribution in [0, 0.1) is 5.82 Å². The van der Waals surface area contributed by atoms with E-state index in [4.69, 9.17) is 4.74 Å². The fourth-order valence-electron chi connectivity index (χ4n) is 1.27. The molecule has 0 saturated heterocycles. The highest BCUT2D eigenvalue weighted by Gasteiger charge is 2.07. The van der Waals surface area contributed by atoms with Crippen LogP contribution in [0.3, 0.4) is 0 Å². The average molecular weight is 240 g/mol. The molecule has 0 radical (unpaired) electrons. The van der Waals surface area contributed by atoms with Gasteiger partial charge < -0.3 is 15.4 Å². The van der Waals surface area contributed by atoms with Crippen LogP contribution >= 0.6 is 0 Å². The van der Waals surface area contributed by atoms with Crippen LogP contribution in [0.4, 0.5) is 14.9 Å². The van der Waals surface area contributed by atoms with Crippen molar-refractivity contribution in [3.8, 4) is 5.75 Å². The molecule has 0 aliphatic rings. The third kappa shape index (κ3) is 4.30. The maximum Gasteiger partial charge on any atom is 0.319 e. The van der Waals surface area contributed by atoms with Gasteiger partial charge in [0.15, 0.2) is 0 Å². The number of methoxy groups -OCH3 is 1. The molecule has 2 N–H and O–H groups in total. The number of nitrogens with one attached hydrogen (secondary N) is 2. The minimum Gasteiger partial charge on any atom is -0.497 e. The maximum atomic E-state index is 13.4. The van der Waals surface area contributed by atoms with Crippen molar-refractivity contribution in [2.75, 3.05) is 19.0 Å². The largest absolute Gasteiger partial charge is 0.497 e. The number of hydrogen-bond acceptors (Lipinski definition) is 2. The van der Waals surface area contributed by atoms with E-state index in [1.807, 2.05) is 6.92 Å². The number of benzene rings is 1. The molecule has 1 rings (SSSR count). The Bertz CT molecular complexity index is 383. The summed E-state index contributed by atoms with van der Waals surface area (Å²) in [6, 6.07) is 3.77. The maximum absolute atomic E-state index is 13.4. The van der Waals surface area contributed by atoms with Gasteiger partial charge in [-0.2, -0.15) is 0 Å². The van der Waals surface area contributed by atoms with Crippen molar-refractivity contribution in [1.29, 1.82) is 0 Å². The van der Waals surface area contributed by atoms with E-state index in [-0.39, 0.29) is 5.69 Å². The van der Waals surface area contributed by atoms with E-state index in [2.05, 4.69) is 10.6 Å². The van der Waals surface area contributed by atoms with Gasteiger partial charge in [0.05, 0.1) is 12.8 Å². The summed E-state index contributed by atoms with van der Waals surface area (Å²) in [7, 11) is 1.48. The highest BCUT2D eigenvalue weighted by molar-refractivity contribution is 5.89. The van der Waals surface area contributed by atoms with Crippen LogP contribution in [-0.2, 0) is 0 Å². The minimum atomic E-state index is -0.489. The van der Waals surface area contributed by atoms with Crippen LogP contribution in [-0.4, -0.2) is 19.7 Å². The molecule has 1 aromatic carbocycles. The molecule has 0 atom stereocenters. The first-order chi connectivity index (χ1) is 8.17. The number of anilines is 1. The number of unbranched alkanes of at least 4 members (excludes halogenated alkanes) is 1. The average Bonchev–Trinajstić information content (AvgIpc) is 2.32. The van der Waals surface area contributed by atoms with E-state index in [1.54, 1.807) is 0 Å². The summed E-state index contributed by atoms with van der Waals surface area (Å²) < 4.78 is 18.3. The molecule has 0 aliphatic carbocycles. The molecule has 2 amide bonds. The third-order valence-electron chi connectivity index (χ3n) is 2.24. The summed E-state index contributed by atoms with van der Waals surface area (Å²) >= 11 is 0. The minimum absolute atomic E-state index is 0.110. The van der Waals surface area contributed by atoms with Gasteiger partial charge >= 0.3 is 6.03 Å². The van der Waals surface area contributed by atoms with E-state index < -0.39 is 11.8 Å². The Balaban J connectivity index is 2.57. The molecule has 0 saturated carbocycles. The van der Waals surface area contributed by atoms with Gasteiger partial charge in [0, 0.05) is 12.6 Å². The van der Waals surface area contributed by atoms with Crippen molar-refractivity contribution in [1.82, 2.24) is 5.32 Å². The Morgan fingerprint density at radius 1 is 1.47 bits per heavy atom. The van der Waals surface area contributed by atoms with E-state index in [1.165, 1.54) is 25.3 Å². The van der Waals surface area contributed by atoms with Gasteiger partial charge in [-0.1, -0.05) is 13.3 Å². The van der Waals surface area contributed by atoms with Gasteiger partial charge in [-0.3, -0.25) is 0 Å². The predicted molar refractivity (Wildman–Crippen MR) is 64.9 cm³/mol. The first-order valence-corrected chi connectivity index (χ1v) is 5.55. The number of ether oxygens (including phenoxy) is 1. The molecule has 0 aliphatic heterocycles. The quantitative estimate of drug-likeness (QED) is 0.777. The Morgan fingerprint density at radius 3 is 2.88 bits per heavy atom. The van der Waals surface area contributed by atoms with Gasteiger partial charge in [-0.15, -0.1) is 0 Å². The Hall–Kier alpha value is -1.78. The monoisotopic (exact) mass is 240 g/mol. The smallest absolute Gasteiger partial charge is 0.319 e. The summed E-state index contributed by atoms with van der Waals surface area (Å²) in [6.45, 7) is 2.61. The summed E-state index contributed by atoms with van der Waals surface area (Å²) in [5, 5.41) is 5.08. The summed E-state index contributed by atoms with van der Waals surface area (Å²) in [4.78, 5) is 11.4. The first kappa shape index (κ1) is 13.3. The number of hydrogen-bond donors (Lipinski definition) is 2. The summed E-state index contributed by atoms with van der Waals surface area (Å²) in [5.41, 5.74) is 0.110. The zero-order valence-electron chi connectivity index (χ0n) is 10.0. The summed E-state index contributed by atoms with van der Waals surface area (Å²) in [6.07, 6.45) is 1.89. The molecule has 17 heavy (non-hydrogen) atoms. The van der Waals surface area contributed by atoms with E-state index >= 15 is 0 Å². The van der Waals surface area contributed by atoms with Gasteiger partial charge in [-0.05, 0) is 18.6 Å². The molecule has 1 aromatic rings. The van der Waals surface area contributed by atoms with Crippen LogP contribution in [0.2, 0.25) is 0 Å². The molecule has 5 heteroatoms. The lowest BCUT2D eigenvalue weighted by molar-refractivity contribution is 0.252. The second-order valence-electron chi connectivity index (χ2n) is 3.58. The zero-order valence-corrected chi connectivity index (χ0v) is 10.0. The van der Waals surface area contributed by atoms with Gasteiger partial charge in [-0.25, -0.2) is 9.18 Å². The van der Waals surface area contributed by atoms with Crippen molar-refractivity contribution in [2.45, 2.75) is 19.8 Å². The lowest BCUT2D eigenvalue weighted by Gasteiger charge is -2.09. The SMILES string of the molecule is CCCCNC(=O)Nc1cc(OC)ccc1F. The van der Waals surface area contributed by atoms with Gasteiger partial charge in [0.2, 0.25) is 0 Å². The Labute approximate surface area is 100 Å². The molecule has 0 fully saturated rings. The molecule has 0 unspecified atom stereocenters. The topological polar surface area (TPSA) is 50.4 Å². The van der Waals surface area contributed by atoms with E-state index in [0.29, 0.717) is 12.3 Å². The van der Waals surface area contributed by atoms with Crippen molar-refractivity contribution in [3.05, 3.63) is 24.0 Å². The van der Waals surface area contributed by atoms with Gasteiger partial charge in [0.25, 0.3) is 0 Å². The molecule has 0 aromatic heterocycles. The standard InChI is InChI=1S/C12H17FN2O2/c1-3-4-7-14-12(16)15-11-8-9(17-2)5-6-10(11)13/h5-6,8H,3-4,7H2,1-2H3,(H2,14,15,16). The number of halogens is 1. The number of carbonyl (C=O) groups excluding carboxylic acids is 1. The van der Waals surface area contributed by atoms with Crippen LogP contribution in [0.25, 0.3) is 0 Å². The van der Waals surface area contributed by atoms with Crippen LogP contribution in [0.1, 0.15) is 19.8 Å². The van der Waals surface area contributed by atoms with Crippen LogP contribution in [0.5, 0.6) is 5.75 Å². The van der Waals surface area contributed by atoms with Gasteiger partial charge in [0.1, 0.15) is 11.6 Å². The Kier molecular flexibility index (Phi) is 5.26. The second-order valence-corrected chi connectivity index (χ2v) is 3.58. The van der Waals surface area contributed by atoms with Crippen molar-refractivity contribution >= 4 is 11.7 Å². The van der Waals surface area contributed by atoms with Crippen molar-refractivity contribution in [2.24, 2.45) is 0 Å². The highest BCUT2D eigenvalue weighted by atomic mass is 19.1. The highest BCUT2D eigenvalue weighted by Crippen LogP contribution is 2.20. The summed E-state index contributed by atoms with van der Waals surface area (Å²) in [5.74, 6) is 0.00620. The number of amides is 2. The van der Waals surface area contributed by atoms with E-state index in [0.717, 1.165) is 12.8 Å². The lowest BCUT2D eigenvalue weighted by Crippen LogP contribution is -2.29. The third-order valence-corrected chi connectivity index (χ3v) is 2.24. The fourth-order valence-corrected chi connectivity index (χ4v) is 1.27. The van der Waals surface area contributed by atoms with Crippen molar-refractivity contribution in [3.63, 3.8) is 0 Å². The van der Waals surface area contributed by atoms with E-state index in [9.17, 15) is 9.18 Å². The first-order valence-electron chi connectivity index (χ1n) is 5.55. The molecule has 0 heterocycles. The second kappa shape index (κ2) is 6.73. The molecular weight excluding hydrogens is 223 g/mol. The molecular formula is C12H17FN2O2. The van der Waals surface area contributed by atoms with Crippen LogP contribution < -0.4 is 15.4 Å². The number of rotatable bonds is 5.